The SMILES string of the molecule is CCOc1ccc(OCCC(=O)NNC(=O)c2cc(OC)cc(OC)c2)cc1. The maximum Gasteiger partial charge on any atom is 0.269 e. The van der Waals surface area contributed by atoms with Crippen LogP contribution in [0.2, 0.25) is 0 Å². The van der Waals surface area contributed by atoms with Gasteiger partial charge in [0.15, 0.2) is 0 Å². The molecule has 8 nitrogen and oxygen atoms in total. The van der Waals surface area contributed by atoms with E-state index in [-0.39, 0.29) is 18.9 Å². The second kappa shape index (κ2) is 10.7. The number of carbonyl (C=O) groups is 2. The summed E-state index contributed by atoms with van der Waals surface area (Å²) in [5.74, 6) is 1.46. The highest BCUT2D eigenvalue weighted by Crippen LogP contribution is 2.22. The van der Waals surface area contributed by atoms with Crippen LogP contribution in [0.5, 0.6) is 23.0 Å². The molecule has 0 saturated carbocycles. The molecule has 2 rings (SSSR count). The minimum absolute atomic E-state index is 0.0783. The normalized spacial score (nSPS) is 9.96. The number of amides is 2. The summed E-state index contributed by atoms with van der Waals surface area (Å²) in [4.78, 5) is 24.1. The molecule has 2 aromatic carbocycles. The van der Waals surface area contributed by atoms with E-state index in [2.05, 4.69) is 10.9 Å². The van der Waals surface area contributed by atoms with Crippen LogP contribution in [0.25, 0.3) is 0 Å². The Bertz CT molecular complexity index is 770. The van der Waals surface area contributed by atoms with Gasteiger partial charge in [0.05, 0.1) is 33.9 Å². The summed E-state index contributed by atoms with van der Waals surface area (Å²) in [7, 11) is 2.98. The first-order valence-electron chi connectivity index (χ1n) is 8.73. The van der Waals surface area contributed by atoms with Crippen molar-refractivity contribution in [3.05, 3.63) is 48.0 Å². The van der Waals surface area contributed by atoms with Gasteiger partial charge in [0.1, 0.15) is 23.0 Å². The zero-order valence-corrected chi connectivity index (χ0v) is 16.1. The summed E-state index contributed by atoms with van der Waals surface area (Å²) in [6.45, 7) is 2.67. The number of rotatable bonds is 9. The fourth-order valence-electron chi connectivity index (χ4n) is 2.26. The van der Waals surface area contributed by atoms with Crippen molar-refractivity contribution in [3.63, 3.8) is 0 Å². The number of methoxy groups -OCH3 is 2. The number of hydrogen-bond donors (Lipinski definition) is 2. The lowest BCUT2D eigenvalue weighted by Crippen LogP contribution is -2.42. The molecule has 0 fully saturated rings. The van der Waals surface area contributed by atoms with Gasteiger partial charge in [0.2, 0.25) is 5.91 Å². The lowest BCUT2D eigenvalue weighted by atomic mass is 10.2. The van der Waals surface area contributed by atoms with Crippen molar-refractivity contribution in [1.29, 1.82) is 0 Å². The maximum atomic E-state index is 12.2. The molecule has 0 aliphatic carbocycles. The first-order chi connectivity index (χ1) is 13.5. The van der Waals surface area contributed by atoms with Crippen LogP contribution in [-0.2, 0) is 4.79 Å². The average Bonchev–Trinajstić information content (AvgIpc) is 2.73. The Labute approximate surface area is 163 Å². The first kappa shape index (κ1) is 20.9. The number of ether oxygens (including phenoxy) is 4. The Kier molecular flexibility index (Phi) is 7.95. The first-order valence-corrected chi connectivity index (χ1v) is 8.73. The molecule has 0 spiro atoms. The predicted molar refractivity (Wildman–Crippen MR) is 103 cm³/mol. The van der Waals surface area contributed by atoms with Crippen molar-refractivity contribution in [2.75, 3.05) is 27.4 Å². The molecule has 28 heavy (non-hydrogen) atoms. The van der Waals surface area contributed by atoms with E-state index in [9.17, 15) is 9.59 Å². The largest absolute Gasteiger partial charge is 0.497 e. The summed E-state index contributed by atoms with van der Waals surface area (Å²) in [6.07, 6.45) is 0.0783. The highest BCUT2D eigenvalue weighted by atomic mass is 16.5. The van der Waals surface area contributed by atoms with Crippen LogP contribution >= 0.6 is 0 Å². The van der Waals surface area contributed by atoms with Gasteiger partial charge in [-0.3, -0.25) is 20.4 Å². The van der Waals surface area contributed by atoms with Crippen molar-refractivity contribution in [1.82, 2.24) is 10.9 Å². The molecule has 150 valence electrons. The minimum Gasteiger partial charge on any atom is -0.497 e. The van der Waals surface area contributed by atoms with Crippen LogP contribution in [0.15, 0.2) is 42.5 Å². The van der Waals surface area contributed by atoms with Gasteiger partial charge < -0.3 is 18.9 Å². The second-order valence-corrected chi connectivity index (χ2v) is 5.61. The van der Waals surface area contributed by atoms with Crippen LogP contribution in [0.1, 0.15) is 23.7 Å². The van der Waals surface area contributed by atoms with Crippen LogP contribution in [0.3, 0.4) is 0 Å². The molecule has 0 atom stereocenters. The monoisotopic (exact) mass is 388 g/mol. The van der Waals surface area contributed by atoms with Crippen molar-refractivity contribution in [3.8, 4) is 23.0 Å². The Hall–Kier alpha value is -3.42. The van der Waals surface area contributed by atoms with Gasteiger partial charge in [0, 0.05) is 11.6 Å². The molecule has 2 amide bonds. The fraction of sp³-hybridized carbons (Fsp3) is 0.300. The molecule has 0 heterocycles. The third-order valence-corrected chi connectivity index (χ3v) is 3.66. The summed E-state index contributed by atoms with van der Waals surface area (Å²) >= 11 is 0. The Balaban J connectivity index is 1.76. The maximum absolute atomic E-state index is 12.2. The number of carbonyl (C=O) groups excluding carboxylic acids is 2. The lowest BCUT2D eigenvalue weighted by molar-refractivity contribution is -0.122. The number of benzene rings is 2. The van der Waals surface area contributed by atoms with Crippen LogP contribution in [0.4, 0.5) is 0 Å². The predicted octanol–water partition coefficient (Wildman–Crippen LogP) is 2.33. The molecule has 0 unspecified atom stereocenters. The van der Waals surface area contributed by atoms with Gasteiger partial charge in [-0.25, -0.2) is 0 Å². The standard InChI is InChI=1S/C20H24N2O6/c1-4-27-15-5-7-16(8-6-15)28-10-9-19(23)21-22-20(24)14-11-17(25-2)13-18(12-14)26-3/h5-8,11-13H,4,9-10H2,1-3H3,(H,21,23)(H,22,24). The third kappa shape index (κ3) is 6.39. The van der Waals surface area contributed by atoms with Gasteiger partial charge in [-0.05, 0) is 43.3 Å². The second-order valence-electron chi connectivity index (χ2n) is 5.61. The molecule has 2 N–H and O–H groups in total. The molecule has 0 aromatic heterocycles. The minimum atomic E-state index is -0.488. The van der Waals surface area contributed by atoms with Gasteiger partial charge in [-0.15, -0.1) is 0 Å². The number of nitrogens with one attached hydrogen (secondary N) is 2. The topological polar surface area (TPSA) is 95.1 Å². The highest BCUT2D eigenvalue weighted by molar-refractivity contribution is 5.96. The Morgan fingerprint density at radius 1 is 0.821 bits per heavy atom. The zero-order valence-electron chi connectivity index (χ0n) is 16.1. The van der Waals surface area contributed by atoms with E-state index in [0.717, 1.165) is 5.75 Å². The molecule has 0 aliphatic rings. The average molecular weight is 388 g/mol. The summed E-state index contributed by atoms with van der Waals surface area (Å²) in [5.41, 5.74) is 4.99. The van der Waals surface area contributed by atoms with E-state index in [1.807, 2.05) is 6.92 Å². The number of hydrazine groups is 1. The van der Waals surface area contributed by atoms with Gasteiger partial charge in [-0.1, -0.05) is 0 Å². The van der Waals surface area contributed by atoms with Gasteiger partial charge >= 0.3 is 0 Å². The number of hydrogen-bond acceptors (Lipinski definition) is 6. The molecule has 0 aliphatic heterocycles. The summed E-state index contributed by atoms with van der Waals surface area (Å²) < 4.78 is 21.1. The summed E-state index contributed by atoms with van der Waals surface area (Å²) in [5, 5.41) is 0. The van der Waals surface area contributed by atoms with E-state index in [4.69, 9.17) is 18.9 Å². The van der Waals surface area contributed by atoms with Crippen LogP contribution in [-0.4, -0.2) is 39.2 Å². The molecule has 0 saturated heterocycles. The van der Waals surface area contributed by atoms with E-state index in [1.165, 1.54) is 14.2 Å². The van der Waals surface area contributed by atoms with Gasteiger partial charge in [0.25, 0.3) is 5.91 Å². The molecular weight excluding hydrogens is 364 g/mol. The van der Waals surface area contributed by atoms with Crippen LogP contribution in [0, 0.1) is 0 Å². The molecular formula is C20H24N2O6. The third-order valence-electron chi connectivity index (χ3n) is 3.66. The lowest BCUT2D eigenvalue weighted by Gasteiger charge is -2.11. The van der Waals surface area contributed by atoms with Crippen molar-refractivity contribution >= 4 is 11.8 Å². The molecule has 0 radical (unpaired) electrons. The fourth-order valence-corrected chi connectivity index (χ4v) is 2.26. The molecule has 8 heteroatoms. The van der Waals surface area contributed by atoms with Crippen molar-refractivity contribution in [2.24, 2.45) is 0 Å². The van der Waals surface area contributed by atoms with Gasteiger partial charge in [-0.2, -0.15) is 0 Å². The molecule has 0 bridgehead atoms. The van der Waals surface area contributed by atoms with Crippen molar-refractivity contribution in [2.45, 2.75) is 13.3 Å². The van der Waals surface area contributed by atoms with E-state index < -0.39 is 5.91 Å². The van der Waals surface area contributed by atoms with E-state index in [1.54, 1.807) is 42.5 Å². The Morgan fingerprint density at radius 2 is 1.39 bits per heavy atom. The zero-order chi connectivity index (χ0) is 20.4. The smallest absolute Gasteiger partial charge is 0.269 e. The molecule has 2 aromatic rings. The van der Waals surface area contributed by atoms with Crippen molar-refractivity contribution < 1.29 is 28.5 Å². The summed E-state index contributed by atoms with van der Waals surface area (Å²) in [6, 6.07) is 11.8. The Morgan fingerprint density at radius 3 is 1.93 bits per heavy atom. The quantitative estimate of drug-likeness (QED) is 0.640. The van der Waals surface area contributed by atoms with E-state index >= 15 is 0 Å². The highest BCUT2D eigenvalue weighted by Gasteiger charge is 2.11. The van der Waals surface area contributed by atoms with Crippen LogP contribution < -0.4 is 29.8 Å². The van der Waals surface area contributed by atoms with E-state index in [0.29, 0.717) is 29.4 Å².